The molecule has 0 saturated carbocycles. The van der Waals surface area contributed by atoms with Gasteiger partial charge in [-0.1, -0.05) is 55.3 Å². The number of rotatable bonds is 21. The number of phosphoric acid groups is 1. The summed E-state index contributed by atoms with van der Waals surface area (Å²) in [6.45, 7) is 3.40. The van der Waals surface area contributed by atoms with Gasteiger partial charge >= 0.3 is 13.8 Å². The van der Waals surface area contributed by atoms with Crippen LogP contribution in [0.3, 0.4) is 0 Å². The first-order chi connectivity index (χ1) is 20.7. The minimum absolute atomic E-state index is 0.0297. The van der Waals surface area contributed by atoms with Crippen LogP contribution in [0.4, 0.5) is 0 Å². The second-order valence-corrected chi connectivity index (χ2v) is 11.9. The third kappa shape index (κ3) is 14.4. The molecule has 1 atom stereocenters. The molecule has 236 valence electrons. The van der Waals surface area contributed by atoms with Gasteiger partial charge in [0.25, 0.3) is 0 Å². The molecule has 2 aromatic carbocycles. The van der Waals surface area contributed by atoms with Crippen molar-refractivity contribution in [2.45, 2.75) is 64.0 Å². The summed E-state index contributed by atoms with van der Waals surface area (Å²) in [6.07, 6.45) is 11.8. The minimum Gasteiger partial charge on any atom is -0.481 e. The zero-order valence-electron chi connectivity index (χ0n) is 24.6. The Morgan fingerprint density at radius 3 is 2.44 bits per heavy atom. The summed E-state index contributed by atoms with van der Waals surface area (Å²) in [5.41, 5.74) is 3.16. The highest BCUT2D eigenvalue weighted by atomic mass is 31.2. The van der Waals surface area contributed by atoms with E-state index in [1.54, 1.807) is 30.5 Å². The molecule has 1 unspecified atom stereocenters. The van der Waals surface area contributed by atoms with Crippen LogP contribution in [0.1, 0.15) is 67.7 Å². The Hall–Kier alpha value is -2.98. The number of carbonyl (C=O) groups is 1. The molecule has 0 radical (unpaired) electrons. The van der Waals surface area contributed by atoms with E-state index >= 15 is 0 Å². The fourth-order valence-corrected chi connectivity index (χ4v) is 5.23. The van der Waals surface area contributed by atoms with Gasteiger partial charge in [-0.25, -0.2) is 4.57 Å². The number of phosphoric ester groups is 1. The van der Waals surface area contributed by atoms with Gasteiger partial charge in [-0.15, -0.1) is 0 Å². The van der Waals surface area contributed by atoms with Crippen LogP contribution in [0.5, 0.6) is 5.75 Å². The molecule has 1 heterocycles. The molecule has 2 aromatic rings. The number of carboxylic acids is 1. The Morgan fingerprint density at radius 2 is 1.74 bits per heavy atom. The van der Waals surface area contributed by atoms with Crippen molar-refractivity contribution in [1.29, 1.82) is 0 Å². The van der Waals surface area contributed by atoms with Crippen LogP contribution in [0.2, 0.25) is 0 Å². The Kier molecular flexibility index (Phi) is 15.0. The molecule has 0 fully saturated rings. The lowest BCUT2D eigenvalue weighted by atomic mass is 10.0. The molecule has 1 aliphatic heterocycles. The molecule has 5 N–H and O–H groups in total. The quantitative estimate of drug-likeness (QED) is 0.0946. The molecule has 3 rings (SSSR count). The van der Waals surface area contributed by atoms with E-state index < -0.39 is 19.9 Å². The van der Waals surface area contributed by atoms with Crippen molar-refractivity contribution >= 4 is 13.8 Å². The van der Waals surface area contributed by atoms with Gasteiger partial charge in [-0.3, -0.25) is 14.6 Å². The van der Waals surface area contributed by atoms with E-state index in [0.29, 0.717) is 29.8 Å². The number of allylic oxidation sites excluding steroid dienone is 1. The lowest BCUT2D eigenvalue weighted by molar-refractivity contribution is -0.136. The molecule has 10 nitrogen and oxygen atoms in total. The molecule has 0 saturated heterocycles. The zero-order valence-corrected chi connectivity index (χ0v) is 25.5. The smallest absolute Gasteiger partial charge is 0.481 e. The van der Waals surface area contributed by atoms with E-state index in [2.05, 4.69) is 29.6 Å². The van der Waals surface area contributed by atoms with E-state index in [-0.39, 0.29) is 18.7 Å². The number of carboxylic acid groups (broad SMARTS) is 1. The molecule has 11 heteroatoms. The SMILES string of the molecule is O=C(O)CC1=CCN(Cc2cc(C(O)CNCCCCCCOCCCCc3ccccc3)ccc2OP(=O)(O)O)C=C1. The van der Waals surface area contributed by atoms with Crippen molar-refractivity contribution in [2.75, 3.05) is 32.8 Å². The van der Waals surface area contributed by atoms with Crippen LogP contribution in [-0.4, -0.2) is 63.7 Å². The largest absolute Gasteiger partial charge is 0.524 e. The van der Waals surface area contributed by atoms with Gasteiger partial charge in [0.05, 0.1) is 12.5 Å². The van der Waals surface area contributed by atoms with Gasteiger partial charge in [0.15, 0.2) is 0 Å². The van der Waals surface area contributed by atoms with Crippen LogP contribution < -0.4 is 9.84 Å². The monoisotopic (exact) mass is 616 g/mol. The molecule has 0 aliphatic carbocycles. The van der Waals surface area contributed by atoms with Crippen LogP contribution in [0, 0.1) is 0 Å². The summed E-state index contributed by atoms with van der Waals surface area (Å²) < 4.78 is 22.2. The molecule has 0 aromatic heterocycles. The lowest BCUT2D eigenvalue weighted by Crippen LogP contribution is -2.23. The van der Waals surface area contributed by atoms with Crippen molar-refractivity contribution in [3.05, 3.63) is 89.1 Å². The van der Waals surface area contributed by atoms with E-state index in [9.17, 15) is 24.3 Å². The summed E-state index contributed by atoms with van der Waals surface area (Å²) in [6, 6.07) is 15.2. The second-order valence-electron chi connectivity index (χ2n) is 10.7. The Labute approximate surface area is 254 Å². The Bertz CT molecular complexity index is 1230. The third-order valence-electron chi connectivity index (χ3n) is 7.08. The number of hydrogen-bond acceptors (Lipinski definition) is 7. The summed E-state index contributed by atoms with van der Waals surface area (Å²) in [5.74, 6) is -0.884. The molecule has 0 spiro atoms. The van der Waals surface area contributed by atoms with E-state index in [1.807, 2.05) is 11.0 Å². The Morgan fingerprint density at radius 1 is 1.00 bits per heavy atom. The average molecular weight is 617 g/mol. The van der Waals surface area contributed by atoms with Gasteiger partial charge in [0, 0.05) is 38.4 Å². The highest BCUT2D eigenvalue weighted by Gasteiger charge is 2.21. The normalized spacial score (nSPS) is 14.0. The minimum atomic E-state index is -4.78. The maximum absolute atomic E-state index is 11.5. The number of nitrogens with zero attached hydrogens (tertiary/aromatic N) is 1. The van der Waals surface area contributed by atoms with Gasteiger partial charge in [-0.05, 0) is 79.8 Å². The highest BCUT2D eigenvalue weighted by molar-refractivity contribution is 7.46. The van der Waals surface area contributed by atoms with Crippen LogP contribution >= 0.6 is 7.82 Å². The summed E-state index contributed by atoms with van der Waals surface area (Å²) in [7, 11) is -4.78. The second kappa shape index (κ2) is 18.6. The highest BCUT2D eigenvalue weighted by Crippen LogP contribution is 2.40. The fourth-order valence-electron chi connectivity index (χ4n) is 4.80. The lowest BCUT2D eigenvalue weighted by Gasteiger charge is -2.24. The van der Waals surface area contributed by atoms with E-state index in [0.717, 1.165) is 64.7 Å². The third-order valence-corrected chi connectivity index (χ3v) is 7.51. The summed E-state index contributed by atoms with van der Waals surface area (Å²) >= 11 is 0. The fraction of sp³-hybridized carbons (Fsp3) is 0.469. The average Bonchev–Trinajstić information content (AvgIpc) is 2.97. The number of aliphatic hydroxyl groups excluding tert-OH is 1. The molecule has 0 bridgehead atoms. The number of ether oxygens (including phenoxy) is 1. The molecular weight excluding hydrogens is 571 g/mol. The molecule has 43 heavy (non-hydrogen) atoms. The first-order valence-electron chi connectivity index (χ1n) is 14.9. The number of aliphatic carboxylic acids is 1. The van der Waals surface area contributed by atoms with E-state index in [4.69, 9.17) is 14.4 Å². The van der Waals surface area contributed by atoms with Crippen molar-refractivity contribution in [2.24, 2.45) is 0 Å². The summed E-state index contributed by atoms with van der Waals surface area (Å²) in [4.78, 5) is 31.5. The van der Waals surface area contributed by atoms with Crippen molar-refractivity contribution in [3.8, 4) is 5.75 Å². The topological polar surface area (TPSA) is 149 Å². The number of nitrogens with one attached hydrogen (secondary N) is 1. The predicted octanol–water partition coefficient (Wildman–Crippen LogP) is 5.11. The van der Waals surface area contributed by atoms with Crippen molar-refractivity contribution < 1.29 is 38.6 Å². The molecule has 0 amide bonds. The summed E-state index contributed by atoms with van der Waals surface area (Å²) in [5, 5.41) is 23.0. The predicted molar refractivity (Wildman–Crippen MR) is 165 cm³/mol. The molecular formula is C32H45N2O8P. The van der Waals surface area contributed by atoms with Gasteiger partial charge in [0.2, 0.25) is 0 Å². The number of aryl methyl sites for hydroxylation is 1. The number of hydrogen-bond donors (Lipinski definition) is 5. The zero-order chi connectivity index (χ0) is 30.9. The van der Waals surface area contributed by atoms with Crippen molar-refractivity contribution in [3.63, 3.8) is 0 Å². The molecule has 1 aliphatic rings. The maximum atomic E-state index is 11.5. The standard InChI is InChI=1S/C32H45N2O8P/c35-30(24-33-17-7-1-2-8-20-41-21-9-6-12-26-10-4-3-5-11-26)28-13-14-31(42-43(38,39)40)29(23-28)25-34-18-15-27(16-19-34)22-32(36)37/h3-5,10-11,13-16,18,23,30,33,35H,1-2,6-9,12,17,19-22,24-25H2,(H,36,37)(H2,38,39,40). The first kappa shape index (κ1) is 34.5. The van der Waals surface area contributed by atoms with Crippen molar-refractivity contribution in [1.82, 2.24) is 10.2 Å². The maximum Gasteiger partial charge on any atom is 0.524 e. The number of unbranched alkanes of at least 4 members (excludes halogenated alkanes) is 4. The van der Waals surface area contributed by atoms with Gasteiger partial charge < -0.3 is 29.7 Å². The van der Waals surface area contributed by atoms with Gasteiger partial charge in [0.1, 0.15) is 5.75 Å². The number of benzene rings is 2. The Balaban J connectivity index is 1.32. The van der Waals surface area contributed by atoms with Crippen LogP contribution in [0.25, 0.3) is 0 Å². The first-order valence-corrected chi connectivity index (χ1v) is 16.4. The van der Waals surface area contributed by atoms with Crippen LogP contribution in [0.15, 0.2) is 72.5 Å². The van der Waals surface area contributed by atoms with Crippen LogP contribution in [-0.2, 0) is 27.1 Å². The van der Waals surface area contributed by atoms with E-state index in [1.165, 1.54) is 11.6 Å². The van der Waals surface area contributed by atoms with Gasteiger partial charge in [-0.2, -0.15) is 0 Å². The number of aliphatic hydroxyl groups is 1.